The first-order chi connectivity index (χ1) is 62.6. The van der Waals surface area contributed by atoms with Gasteiger partial charge in [-0.15, -0.1) is 0 Å². The normalized spacial score (nSPS) is 17.3. The SMILES string of the molecule is CC(C)Oc1cc2c(cc1Nc1ncc(Cl)c(Nc3ccccc3S(=O)(=O)C(C)C)n1)C(=O)N([C@@H]1CN[C@H](C(=O)O)C1)C2.CC(C)Oc1cc2c(cc1Nc1ncc(Cl)c(Nc3ccccc3S(=O)(=O)C(C)C)n1)C(=O)N([C@H]1CN[C@H](C(=O)O)C1)C2.CCNC(=O)N1CCC(N2Cc3cc(OC(C)C)c(Nc4ncc(Cl)c(Nc5ccccc5S(=O)(=O)C(C)C)n4)cc3C2=O)CC1. The number of anilines is 12. The van der Waals surface area contributed by atoms with Crippen LogP contribution in [0.1, 0.15) is 163 Å². The van der Waals surface area contributed by atoms with E-state index >= 15 is 0 Å². The number of carboxylic acids is 2. The lowest BCUT2D eigenvalue weighted by atomic mass is 10.0. The number of piperidine rings is 1. The van der Waals surface area contributed by atoms with Crippen LogP contribution in [0.3, 0.4) is 0 Å². The summed E-state index contributed by atoms with van der Waals surface area (Å²) >= 11 is 19.2. The quantitative estimate of drug-likeness (QED) is 0.0199. The van der Waals surface area contributed by atoms with Crippen LogP contribution in [0.4, 0.5) is 74.2 Å². The molecular weight excluding hydrogens is 1820 g/mol. The second-order valence-electron chi connectivity index (χ2n) is 33.9. The van der Waals surface area contributed by atoms with E-state index in [9.17, 15) is 64.2 Å². The summed E-state index contributed by atoms with van der Waals surface area (Å²) in [7, 11) is -10.8. The number of carbonyl (C=O) groups is 6. The minimum Gasteiger partial charge on any atom is -0.489 e. The number of urea groups is 1. The standard InChI is InChI=1S/C32H40ClN7O5S.2C29H33ClN6O6S/c1-6-34-32(42)39-13-11-22(12-14-39)40-18-21-15-27(45-19(2)3)26(16-23(21)30(40)41)37-31-35-17-24(33)29(38-31)36-25-9-7-8-10-28(25)46(43,44)20(4)5;2*1-15(2)42-24-9-17-14-36(18-10-23(28(38)39)31-12-18)27(37)19(17)11-22(24)34-29-32-13-20(30)26(35-29)33-21-7-5-6-8-25(21)43(40,41)16(3)4/h7-10,15-17,19-20,22H,6,11-14,18H2,1-5H3,(H,34,42)(H2,35,36,37,38);2*5-9,11,13,15-16,18,23,31H,10,12,14H2,1-4H3,(H,38,39)(H2,32,33,34,35)/t;18-,23+;18-,23-/m.10/s1. The van der Waals surface area contributed by atoms with Crippen molar-refractivity contribution < 1.29 is 78.4 Å². The molecule has 0 spiro atoms. The number of rotatable bonds is 30. The van der Waals surface area contributed by atoms with Crippen molar-refractivity contribution in [3.8, 4) is 17.2 Å². The number of fused-ring (bicyclic) bond motifs is 3. The monoisotopic (exact) mass is 1930 g/mol. The first kappa shape index (κ1) is 97.5. The Morgan fingerprint density at radius 1 is 0.439 bits per heavy atom. The van der Waals surface area contributed by atoms with Crippen LogP contribution in [0.15, 0.2) is 142 Å². The van der Waals surface area contributed by atoms with E-state index in [1.807, 2.05) is 59.4 Å². The number of hydrogen-bond acceptors (Lipinski definition) is 29. The van der Waals surface area contributed by atoms with Crippen molar-refractivity contribution in [3.05, 3.63) is 176 Å². The summed E-state index contributed by atoms with van der Waals surface area (Å²) in [4.78, 5) is 109. The average molecular weight is 1930 g/mol. The van der Waals surface area contributed by atoms with Crippen molar-refractivity contribution in [2.45, 2.75) is 214 Å². The van der Waals surface area contributed by atoms with Crippen molar-refractivity contribution in [1.82, 2.24) is 65.5 Å². The van der Waals surface area contributed by atoms with E-state index in [2.05, 4.69) is 77.8 Å². The molecule has 11 N–H and O–H groups in total. The predicted molar refractivity (Wildman–Crippen MR) is 503 cm³/mol. The van der Waals surface area contributed by atoms with Gasteiger partial charge in [-0.05, 0) is 205 Å². The van der Waals surface area contributed by atoms with Gasteiger partial charge in [0.2, 0.25) is 17.8 Å². The molecule has 4 atom stereocenters. The van der Waals surface area contributed by atoms with Crippen LogP contribution in [0.2, 0.25) is 15.1 Å². The van der Waals surface area contributed by atoms with Crippen LogP contribution in [-0.4, -0.2) is 218 Å². The van der Waals surface area contributed by atoms with Crippen molar-refractivity contribution in [3.63, 3.8) is 0 Å². The number of likely N-dealkylation sites (tertiary alicyclic amines) is 1. The molecule has 3 aromatic heterocycles. The fourth-order valence-corrected chi connectivity index (χ4v) is 19.8. The third kappa shape index (κ3) is 22.0. The highest BCUT2D eigenvalue weighted by Crippen LogP contribution is 2.44. The molecule has 15 rings (SSSR count). The second-order valence-corrected chi connectivity index (χ2v) is 42.6. The van der Waals surface area contributed by atoms with Crippen LogP contribution in [0.25, 0.3) is 0 Å². The Bertz CT molecular complexity index is 6020. The first-order valence-corrected chi connectivity index (χ1v) is 48.9. The number of carboxylic acid groups (broad SMARTS) is 2. The predicted octanol–water partition coefficient (Wildman–Crippen LogP) is 14.5. The number of carbonyl (C=O) groups excluding carboxylic acids is 4. The zero-order chi connectivity index (χ0) is 95.3. The van der Waals surface area contributed by atoms with E-state index in [-0.39, 0.29) is 125 Å². The molecule has 0 saturated carbocycles. The smallest absolute Gasteiger partial charge is 0.320 e. The number of hydrogen-bond donors (Lipinski definition) is 11. The Balaban J connectivity index is 0.000000168. The lowest BCUT2D eigenvalue weighted by molar-refractivity contribution is -0.140. The summed E-state index contributed by atoms with van der Waals surface area (Å²) < 4.78 is 96.0. The van der Waals surface area contributed by atoms with E-state index in [1.165, 1.54) is 30.7 Å². The number of aromatic nitrogens is 6. The third-order valence-electron chi connectivity index (χ3n) is 22.6. The number of nitrogens with zero attached hydrogens (tertiary/aromatic N) is 10. The molecular formula is C90H106Cl3N19O17S3. The highest BCUT2D eigenvalue weighted by Gasteiger charge is 2.43. The van der Waals surface area contributed by atoms with Crippen LogP contribution in [-0.2, 0) is 58.7 Å². The number of halogens is 3. The second kappa shape index (κ2) is 41.0. The summed E-state index contributed by atoms with van der Waals surface area (Å²) in [6.07, 6.45) is 5.73. The Labute approximate surface area is 780 Å². The first-order valence-electron chi connectivity index (χ1n) is 43.2. The summed E-state index contributed by atoms with van der Waals surface area (Å²) in [6.45, 7) is 26.6. The van der Waals surface area contributed by atoms with Gasteiger partial charge in [-0.1, -0.05) is 71.2 Å². The maximum absolute atomic E-state index is 13.7. The zero-order valence-corrected chi connectivity index (χ0v) is 79.5. The van der Waals surface area contributed by atoms with Gasteiger partial charge < -0.3 is 91.9 Å². The molecule has 132 heavy (non-hydrogen) atoms. The molecule has 5 amide bonds. The Morgan fingerprint density at radius 2 is 0.735 bits per heavy atom. The number of nitrogens with one attached hydrogen (secondary N) is 9. The van der Waals surface area contributed by atoms with Crippen LogP contribution in [0, 0.1) is 0 Å². The van der Waals surface area contributed by atoms with Crippen molar-refractivity contribution in [2.24, 2.45) is 0 Å². The van der Waals surface area contributed by atoms with Crippen molar-refractivity contribution in [1.29, 1.82) is 0 Å². The van der Waals surface area contributed by atoms with Crippen molar-refractivity contribution >= 4 is 169 Å². The van der Waals surface area contributed by atoms with Gasteiger partial charge in [0.1, 0.15) is 44.4 Å². The molecule has 6 aliphatic rings. The van der Waals surface area contributed by atoms with Gasteiger partial charge in [0, 0.05) is 87.2 Å². The van der Waals surface area contributed by atoms with Gasteiger partial charge in [0.15, 0.2) is 47.0 Å². The maximum atomic E-state index is 13.7. The molecule has 6 aromatic carbocycles. The Hall–Kier alpha value is -12.0. The van der Waals surface area contributed by atoms with E-state index in [0.29, 0.717) is 146 Å². The lowest BCUT2D eigenvalue weighted by Crippen LogP contribution is -2.49. The molecule has 0 bridgehead atoms. The molecule has 0 aliphatic carbocycles. The fraction of sp³-hybridized carbons (Fsp3) is 0.400. The van der Waals surface area contributed by atoms with Crippen molar-refractivity contribution in [2.75, 3.05) is 64.6 Å². The molecule has 3 fully saturated rings. The molecule has 42 heteroatoms. The summed E-state index contributed by atoms with van der Waals surface area (Å²) in [5, 5.41) is 44.7. The van der Waals surface area contributed by atoms with Gasteiger partial charge in [0.25, 0.3) is 17.7 Å². The maximum Gasteiger partial charge on any atom is 0.320 e. The molecule has 9 heterocycles. The topological polar surface area (TPSA) is 472 Å². The largest absolute Gasteiger partial charge is 0.489 e. The highest BCUT2D eigenvalue weighted by molar-refractivity contribution is 7.92. The van der Waals surface area contributed by atoms with E-state index in [4.69, 9.17) is 49.0 Å². The minimum atomic E-state index is -3.60. The van der Waals surface area contributed by atoms with Gasteiger partial charge in [-0.25, -0.2) is 45.0 Å². The Kier molecular flexibility index (Phi) is 30.3. The number of amides is 5. The number of aliphatic carboxylic acids is 2. The molecule has 0 unspecified atom stereocenters. The fourth-order valence-electron chi connectivity index (χ4n) is 15.8. The van der Waals surface area contributed by atoms with Gasteiger partial charge >= 0.3 is 18.0 Å². The number of sulfone groups is 3. The number of ether oxygens (including phenoxy) is 3. The molecule has 9 aromatic rings. The van der Waals surface area contributed by atoms with Gasteiger partial charge in [0.05, 0.1) is 101 Å². The summed E-state index contributed by atoms with van der Waals surface area (Å²) in [5.41, 5.74) is 6.29. The minimum absolute atomic E-state index is 0.0204. The molecule has 0 radical (unpaired) electrons. The Morgan fingerprint density at radius 3 is 1.01 bits per heavy atom. The zero-order valence-electron chi connectivity index (χ0n) is 74.8. The summed E-state index contributed by atoms with van der Waals surface area (Å²) in [6, 6.07) is 28.3. The van der Waals surface area contributed by atoms with Crippen LogP contribution < -0.4 is 62.1 Å². The van der Waals surface area contributed by atoms with Crippen LogP contribution in [0.5, 0.6) is 17.2 Å². The van der Waals surface area contributed by atoms with Gasteiger partial charge in [-0.2, -0.15) is 15.0 Å². The third-order valence-corrected chi connectivity index (χ3v) is 30.0. The van der Waals surface area contributed by atoms with E-state index < -0.39 is 69.3 Å². The molecule has 3 saturated heterocycles. The summed E-state index contributed by atoms with van der Waals surface area (Å²) in [5.74, 6) is 0.170. The van der Waals surface area contributed by atoms with Gasteiger partial charge in [-0.3, -0.25) is 24.0 Å². The molecule has 6 aliphatic heterocycles. The highest BCUT2D eigenvalue weighted by atomic mass is 35.5. The lowest BCUT2D eigenvalue weighted by Gasteiger charge is -2.36. The van der Waals surface area contributed by atoms with E-state index in [1.54, 1.807) is 147 Å². The van der Waals surface area contributed by atoms with Crippen LogP contribution >= 0.6 is 34.8 Å². The average Bonchev–Trinajstić information content (AvgIpc) is 1.61. The van der Waals surface area contributed by atoms with E-state index in [0.717, 1.165) is 16.7 Å². The number of para-hydroxylation sites is 3. The molecule has 36 nitrogen and oxygen atoms in total. The number of benzene rings is 6. The molecule has 702 valence electrons.